The second-order valence-corrected chi connectivity index (χ2v) is 5.62. The van der Waals surface area contributed by atoms with E-state index < -0.39 is 34.6 Å². The molecular weight excluding hydrogens is 344 g/mol. The Labute approximate surface area is 140 Å². The van der Waals surface area contributed by atoms with Gasteiger partial charge in [0.05, 0.1) is 12.2 Å². The summed E-state index contributed by atoms with van der Waals surface area (Å²) in [5, 5.41) is -0.250. The Kier molecular flexibility index (Phi) is 6.03. The highest BCUT2D eigenvalue weighted by atomic mass is 32.2. The SMILES string of the molecule is C=Cc1c(F)c(F)c(OCCSC(=O)c2ccccc2)c(F)c1F. The quantitative estimate of drug-likeness (QED) is 0.421. The van der Waals surface area contributed by atoms with Gasteiger partial charge in [-0.1, -0.05) is 54.7 Å². The summed E-state index contributed by atoms with van der Waals surface area (Å²) >= 11 is 0.864. The molecule has 0 atom stereocenters. The molecule has 126 valence electrons. The van der Waals surface area contributed by atoms with Gasteiger partial charge in [0.25, 0.3) is 0 Å². The molecule has 2 aromatic rings. The van der Waals surface area contributed by atoms with Gasteiger partial charge in [-0.05, 0) is 0 Å². The Morgan fingerprint density at radius 3 is 2.17 bits per heavy atom. The van der Waals surface area contributed by atoms with Crippen LogP contribution in [0.5, 0.6) is 5.75 Å². The summed E-state index contributed by atoms with van der Waals surface area (Å²) in [7, 11) is 0. The third kappa shape index (κ3) is 3.79. The molecule has 0 aromatic heterocycles. The molecule has 7 heteroatoms. The van der Waals surface area contributed by atoms with Crippen LogP contribution in [0.15, 0.2) is 36.9 Å². The average Bonchev–Trinajstić information content (AvgIpc) is 2.60. The predicted octanol–water partition coefficient (Wildman–Crippen LogP) is 4.84. The smallest absolute Gasteiger partial charge is 0.219 e. The predicted molar refractivity (Wildman–Crippen MR) is 85.1 cm³/mol. The van der Waals surface area contributed by atoms with Crippen molar-refractivity contribution in [1.82, 2.24) is 0 Å². The van der Waals surface area contributed by atoms with Crippen LogP contribution in [0.2, 0.25) is 0 Å². The number of hydrogen-bond donors (Lipinski definition) is 0. The Hall–Kier alpha value is -2.28. The van der Waals surface area contributed by atoms with Gasteiger partial charge >= 0.3 is 0 Å². The third-order valence-corrected chi connectivity index (χ3v) is 3.90. The molecule has 0 N–H and O–H groups in total. The lowest BCUT2D eigenvalue weighted by Crippen LogP contribution is -2.09. The molecule has 0 saturated carbocycles. The number of thioether (sulfide) groups is 1. The summed E-state index contributed by atoms with van der Waals surface area (Å²) in [5.74, 6) is -7.52. The van der Waals surface area contributed by atoms with Crippen LogP contribution in [0.1, 0.15) is 15.9 Å². The van der Waals surface area contributed by atoms with Crippen LogP contribution in [0.4, 0.5) is 17.6 Å². The zero-order valence-corrected chi connectivity index (χ0v) is 13.1. The molecule has 0 aliphatic rings. The van der Waals surface area contributed by atoms with Gasteiger partial charge in [0.2, 0.25) is 16.7 Å². The van der Waals surface area contributed by atoms with Gasteiger partial charge in [-0.25, -0.2) is 8.78 Å². The lowest BCUT2D eigenvalue weighted by molar-refractivity contribution is 0.108. The van der Waals surface area contributed by atoms with Gasteiger partial charge in [0.1, 0.15) is 0 Å². The Morgan fingerprint density at radius 1 is 1.04 bits per heavy atom. The van der Waals surface area contributed by atoms with E-state index in [9.17, 15) is 22.4 Å². The molecule has 0 bridgehead atoms. The maximum Gasteiger partial charge on any atom is 0.219 e. The monoisotopic (exact) mass is 356 g/mol. The molecule has 0 aliphatic carbocycles. The number of halogens is 4. The van der Waals surface area contributed by atoms with Crippen molar-refractivity contribution in [3.05, 3.63) is 71.3 Å². The van der Waals surface area contributed by atoms with Gasteiger partial charge in [-0.2, -0.15) is 8.78 Å². The van der Waals surface area contributed by atoms with E-state index in [-0.39, 0.29) is 17.5 Å². The van der Waals surface area contributed by atoms with Crippen LogP contribution in [-0.2, 0) is 0 Å². The van der Waals surface area contributed by atoms with Gasteiger partial charge < -0.3 is 4.74 Å². The van der Waals surface area contributed by atoms with Crippen LogP contribution in [0.25, 0.3) is 6.08 Å². The van der Waals surface area contributed by atoms with E-state index in [4.69, 9.17) is 4.74 Å². The van der Waals surface area contributed by atoms with Crippen molar-refractivity contribution in [1.29, 1.82) is 0 Å². The first kappa shape index (κ1) is 18.1. The fourth-order valence-corrected chi connectivity index (χ4v) is 2.52. The summed E-state index contributed by atoms with van der Waals surface area (Å²) in [5.41, 5.74) is -0.432. The highest BCUT2D eigenvalue weighted by molar-refractivity contribution is 8.14. The van der Waals surface area contributed by atoms with E-state index in [2.05, 4.69) is 6.58 Å². The number of ether oxygens (including phenoxy) is 1. The van der Waals surface area contributed by atoms with E-state index in [1.165, 1.54) is 0 Å². The fourth-order valence-electron chi connectivity index (χ4n) is 1.87. The zero-order chi connectivity index (χ0) is 17.7. The molecule has 0 fully saturated rings. The summed E-state index contributed by atoms with van der Waals surface area (Å²) < 4.78 is 59.3. The maximum absolute atomic E-state index is 13.7. The van der Waals surface area contributed by atoms with Gasteiger partial charge in [0.15, 0.2) is 17.4 Å². The average molecular weight is 356 g/mol. The van der Waals surface area contributed by atoms with E-state index in [0.29, 0.717) is 11.6 Å². The van der Waals surface area contributed by atoms with Crippen LogP contribution in [0.3, 0.4) is 0 Å². The molecule has 0 unspecified atom stereocenters. The van der Waals surface area contributed by atoms with E-state index in [1.807, 2.05) is 0 Å². The number of carbonyl (C=O) groups is 1. The Morgan fingerprint density at radius 2 is 1.62 bits per heavy atom. The lowest BCUT2D eigenvalue weighted by Gasteiger charge is -2.11. The molecule has 0 saturated heterocycles. The van der Waals surface area contributed by atoms with Crippen LogP contribution < -0.4 is 4.74 Å². The van der Waals surface area contributed by atoms with Crippen LogP contribution in [0, 0.1) is 23.3 Å². The molecule has 2 aromatic carbocycles. The molecule has 2 rings (SSSR count). The number of carbonyl (C=O) groups excluding carboxylic acids is 1. The standard InChI is InChI=1S/C17H12F4O2S/c1-2-11-12(18)14(20)16(15(21)13(11)19)23-8-9-24-17(22)10-6-4-3-5-7-10/h2-7H,1,8-9H2. The van der Waals surface area contributed by atoms with Crippen molar-refractivity contribution < 1.29 is 27.1 Å². The second-order valence-electron chi connectivity index (χ2n) is 4.55. The zero-order valence-electron chi connectivity index (χ0n) is 12.3. The normalized spacial score (nSPS) is 10.5. The minimum Gasteiger partial charge on any atom is -0.487 e. The molecular formula is C17H12F4O2S. The first-order chi connectivity index (χ1) is 11.5. The molecule has 0 radical (unpaired) electrons. The van der Waals surface area contributed by atoms with Crippen LogP contribution in [-0.4, -0.2) is 17.5 Å². The highest BCUT2D eigenvalue weighted by Crippen LogP contribution is 2.30. The van der Waals surface area contributed by atoms with Gasteiger partial charge in [-0.3, -0.25) is 4.79 Å². The fraction of sp³-hybridized carbons (Fsp3) is 0.118. The van der Waals surface area contributed by atoms with Crippen molar-refractivity contribution in [3.63, 3.8) is 0 Å². The first-order valence-electron chi connectivity index (χ1n) is 6.80. The molecule has 0 heterocycles. The summed E-state index contributed by atoms with van der Waals surface area (Å²) in [6, 6.07) is 8.39. The van der Waals surface area contributed by atoms with Crippen molar-refractivity contribution in [3.8, 4) is 5.75 Å². The van der Waals surface area contributed by atoms with E-state index in [1.54, 1.807) is 30.3 Å². The first-order valence-corrected chi connectivity index (χ1v) is 7.79. The van der Waals surface area contributed by atoms with Crippen molar-refractivity contribution >= 4 is 23.0 Å². The van der Waals surface area contributed by atoms with Crippen LogP contribution >= 0.6 is 11.8 Å². The highest BCUT2D eigenvalue weighted by Gasteiger charge is 2.25. The number of benzene rings is 2. The molecule has 2 nitrogen and oxygen atoms in total. The van der Waals surface area contributed by atoms with Gasteiger partial charge in [-0.15, -0.1) is 0 Å². The van der Waals surface area contributed by atoms with Gasteiger partial charge in [0, 0.05) is 11.3 Å². The van der Waals surface area contributed by atoms with E-state index in [0.717, 1.165) is 11.8 Å². The van der Waals surface area contributed by atoms with E-state index >= 15 is 0 Å². The minimum atomic E-state index is -1.64. The number of hydrogen-bond acceptors (Lipinski definition) is 3. The molecule has 24 heavy (non-hydrogen) atoms. The van der Waals surface area contributed by atoms with Crippen molar-refractivity contribution in [2.24, 2.45) is 0 Å². The second kappa shape index (κ2) is 8.01. The molecule has 0 amide bonds. The summed E-state index contributed by atoms with van der Waals surface area (Å²) in [6.07, 6.45) is 0.676. The molecule has 0 aliphatic heterocycles. The Bertz CT molecular complexity index is 734. The topological polar surface area (TPSA) is 26.3 Å². The largest absolute Gasteiger partial charge is 0.487 e. The number of rotatable bonds is 6. The maximum atomic E-state index is 13.7. The van der Waals surface area contributed by atoms with Crippen molar-refractivity contribution in [2.45, 2.75) is 0 Å². The summed E-state index contributed by atoms with van der Waals surface area (Å²) in [6.45, 7) is 2.79. The Balaban J connectivity index is 2.00. The summed E-state index contributed by atoms with van der Waals surface area (Å²) in [4.78, 5) is 11.8. The van der Waals surface area contributed by atoms with Crippen molar-refractivity contribution in [2.75, 3.05) is 12.4 Å². The molecule has 0 spiro atoms. The lowest BCUT2D eigenvalue weighted by atomic mass is 10.1. The minimum absolute atomic E-state index is 0.0546. The third-order valence-electron chi connectivity index (χ3n) is 3.03.